The molecule has 0 aliphatic carbocycles. The maximum atomic E-state index is 13.5. The average Bonchev–Trinajstić information content (AvgIpc) is 2.91. The van der Waals surface area contributed by atoms with Crippen molar-refractivity contribution in [1.82, 2.24) is 15.2 Å². The van der Waals surface area contributed by atoms with Crippen LogP contribution >= 0.6 is 0 Å². The van der Waals surface area contributed by atoms with E-state index in [2.05, 4.69) is 22.6 Å². The van der Waals surface area contributed by atoms with Gasteiger partial charge in [-0.05, 0) is 70.0 Å². The number of fused-ring (bicyclic) bond motifs is 4. The molecular weight excluding hydrogens is 506 g/mol. The van der Waals surface area contributed by atoms with Crippen LogP contribution in [0.25, 0.3) is 6.08 Å². The lowest BCUT2D eigenvalue weighted by Gasteiger charge is -2.38. The van der Waals surface area contributed by atoms with E-state index in [0.717, 1.165) is 16.9 Å². The van der Waals surface area contributed by atoms with Crippen LogP contribution in [0.1, 0.15) is 87.5 Å². The number of nitrogens with two attached hydrogens (primary N) is 1. The molecule has 0 fully saturated rings. The molecule has 2 unspecified atom stereocenters. The smallest absolute Gasteiger partial charge is 0.251 e. The Morgan fingerprint density at radius 3 is 2.65 bits per heavy atom. The Bertz CT molecular complexity index is 1320. The molecule has 2 aromatic carbocycles. The van der Waals surface area contributed by atoms with E-state index in [1.54, 1.807) is 23.2 Å². The molecule has 0 radical (unpaired) electrons. The number of carbonyl (C=O) groups is 2. The molecule has 2 atom stereocenters. The number of hydrazone groups is 1. The highest BCUT2D eigenvalue weighted by atomic mass is 16.5. The fourth-order valence-electron chi connectivity index (χ4n) is 5.18. The highest BCUT2D eigenvalue weighted by Gasteiger charge is 2.35. The van der Waals surface area contributed by atoms with Crippen molar-refractivity contribution < 1.29 is 19.1 Å². The van der Waals surface area contributed by atoms with Gasteiger partial charge in [0.25, 0.3) is 11.8 Å². The monoisotopic (exact) mass is 547 g/mol. The molecule has 6 rings (SSSR count). The summed E-state index contributed by atoms with van der Waals surface area (Å²) < 4.78 is 12.1. The maximum Gasteiger partial charge on any atom is 0.251 e. The topological polar surface area (TPSA) is 109 Å². The van der Waals surface area contributed by atoms with E-state index in [0.29, 0.717) is 36.3 Å². The van der Waals surface area contributed by atoms with Gasteiger partial charge in [-0.1, -0.05) is 32.1 Å². The Hall–Kier alpha value is -4.01. The first-order valence-electron chi connectivity index (χ1n) is 14.1. The van der Waals surface area contributed by atoms with Gasteiger partial charge in [-0.2, -0.15) is 0 Å². The Morgan fingerprint density at radius 1 is 1.15 bits per heavy atom. The molecule has 9 nitrogen and oxygen atoms in total. The Kier molecular flexibility index (Phi) is 8.71. The minimum Gasteiger partial charge on any atom is -0.494 e. The number of rotatable bonds is 2. The van der Waals surface area contributed by atoms with E-state index in [1.807, 2.05) is 59.8 Å². The summed E-state index contributed by atoms with van der Waals surface area (Å²) in [6.45, 7) is 12.7. The fraction of sp³-hybridized carbons (Fsp3) is 0.452. The molecule has 214 valence electrons. The number of guanidine groups is 1. The molecule has 2 aromatic rings. The normalized spacial score (nSPS) is 22.5. The number of hydrogen-bond donors (Lipinski definition) is 2. The van der Waals surface area contributed by atoms with Crippen molar-refractivity contribution in [2.75, 3.05) is 13.2 Å². The van der Waals surface area contributed by atoms with Crippen molar-refractivity contribution in [3.63, 3.8) is 0 Å². The van der Waals surface area contributed by atoms with Crippen LogP contribution < -0.4 is 20.5 Å². The number of nitrogens with zero attached hydrogens (tertiary/aromatic N) is 3. The summed E-state index contributed by atoms with van der Waals surface area (Å²) in [5.74, 6) is 1.13. The van der Waals surface area contributed by atoms with Gasteiger partial charge in [0.2, 0.25) is 5.96 Å². The zero-order valence-corrected chi connectivity index (χ0v) is 24.4. The fourth-order valence-corrected chi connectivity index (χ4v) is 5.18. The quantitative estimate of drug-likeness (QED) is 0.558. The van der Waals surface area contributed by atoms with Crippen LogP contribution in [0, 0.1) is 0 Å². The molecule has 0 aromatic heterocycles. The van der Waals surface area contributed by atoms with E-state index in [-0.39, 0.29) is 42.9 Å². The summed E-state index contributed by atoms with van der Waals surface area (Å²) in [6.07, 6.45) is 5.42. The number of hydrogen-bond acceptors (Lipinski definition) is 7. The van der Waals surface area contributed by atoms with Gasteiger partial charge in [-0.15, -0.1) is 5.10 Å². The number of nitrogens with one attached hydrogen (secondary N) is 1. The van der Waals surface area contributed by atoms with Crippen LogP contribution in [0.4, 0.5) is 0 Å². The molecule has 3 N–H and O–H groups in total. The summed E-state index contributed by atoms with van der Waals surface area (Å²) in [5.41, 5.74) is 8.96. The molecule has 4 heterocycles. The Balaban J connectivity index is 0.00000181. The predicted molar refractivity (Wildman–Crippen MR) is 157 cm³/mol. The summed E-state index contributed by atoms with van der Waals surface area (Å²) in [5, 5.41) is 9.47. The van der Waals surface area contributed by atoms with E-state index >= 15 is 0 Å². The number of ether oxygens (including phenoxy) is 2. The SMILES string of the molecule is CC.CCOc1ccc2cc1CN1C(=O)CN(N=C1N)C(C)C/C=C\c1ccc3c(c1)C(CC(C)(C)O3)NC2=O. The number of carbonyl (C=O) groups excluding carboxylic acids is 2. The van der Waals surface area contributed by atoms with Gasteiger partial charge >= 0.3 is 0 Å². The molecule has 6 bridgehead atoms. The largest absolute Gasteiger partial charge is 0.494 e. The van der Waals surface area contributed by atoms with Crippen LogP contribution in [0.2, 0.25) is 0 Å². The predicted octanol–water partition coefficient (Wildman–Crippen LogP) is 4.82. The van der Waals surface area contributed by atoms with Crippen molar-refractivity contribution in [3.05, 3.63) is 64.7 Å². The van der Waals surface area contributed by atoms with Gasteiger partial charge < -0.3 is 20.5 Å². The first-order chi connectivity index (χ1) is 19.1. The first-order valence-corrected chi connectivity index (χ1v) is 14.1. The standard InChI is InChI=1S/C29H35N5O4.C2H6/c1-5-37-24-12-10-20-14-21(24)16-33-26(35)17-34(32-28(33)30)18(2)7-6-8-19-9-11-25-22(13-19)23(31-27(20)36)15-29(3,4)38-25;1-2/h6,8-14,18,23H,5,7,15-17H2,1-4H3,(H2,30,32)(H,31,36);1-2H3/b8-6-;. The molecule has 0 saturated heterocycles. The van der Waals surface area contributed by atoms with Crippen LogP contribution in [0.3, 0.4) is 0 Å². The van der Waals surface area contributed by atoms with Crippen LogP contribution in [0.15, 0.2) is 47.6 Å². The third kappa shape index (κ3) is 6.24. The van der Waals surface area contributed by atoms with Crippen LogP contribution in [-0.4, -0.2) is 52.5 Å². The van der Waals surface area contributed by atoms with Crippen LogP contribution in [-0.2, 0) is 11.3 Å². The van der Waals surface area contributed by atoms with E-state index < -0.39 is 5.60 Å². The van der Waals surface area contributed by atoms with E-state index in [4.69, 9.17) is 15.2 Å². The Labute approximate surface area is 237 Å². The minimum absolute atomic E-state index is 0.0223. The zero-order chi connectivity index (χ0) is 29.0. The van der Waals surface area contributed by atoms with Crippen molar-refractivity contribution in [2.45, 2.75) is 78.6 Å². The molecule has 0 spiro atoms. The molecule has 4 aliphatic heterocycles. The van der Waals surface area contributed by atoms with Gasteiger partial charge in [0.1, 0.15) is 23.6 Å². The lowest BCUT2D eigenvalue weighted by Crippen LogP contribution is -2.52. The molecule has 4 aliphatic rings. The number of amides is 2. The van der Waals surface area contributed by atoms with Crippen molar-refractivity contribution in [3.8, 4) is 11.5 Å². The highest BCUT2D eigenvalue weighted by Crippen LogP contribution is 2.40. The lowest BCUT2D eigenvalue weighted by atomic mass is 9.88. The zero-order valence-electron chi connectivity index (χ0n) is 24.4. The first kappa shape index (κ1) is 29.0. The second-order valence-electron chi connectivity index (χ2n) is 10.7. The average molecular weight is 548 g/mol. The molecular formula is C31H41N5O4. The maximum absolute atomic E-state index is 13.5. The minimum atomic E-state index is -0.434. The molecule has 0 saturated carbocycles. The summed E-state index contributed by atoms with van der Waals surface area (Å²) in [7, 11) is 0. The Morgan fingerprint density at radius 2 is 1.93 bits per heavy atom. The van der Waals surface area contributed by atoms with Gasteiger partial charge in [0.15, 0.2) is 0 Å². The summed E-state index contributed by atoms with van der Waals surface area (Å²) >= 11 is 0. The van der Waals surface area contributed by atoms with Crippen LogP contribution in [0.5, 0.6) is 11.5 Å². The second-order valence-corrected chi connectivity index (χ2v) is 10.7. The molecule has 2 amide bonds. The lowest BCUT2D eigenvalue weighted by molar-refractivity contribution is -0.131. The van der Waals surface area contributed by atoms with Crippen molar-refractivity contribution >= 4 is 23.8 Å². The summed E-state index contributed by atoms with van der Waals surface area (Å²) in [6, 6.07) is 11.1. The van der Waals surface area contributed by atoms with E-state index in [9.17, 15) is 9.59 Å². The van der Waals surface area contributed by atoms with Gasteiger partial charge in [-0.3, -0.25) is 19.5 Å². The second kappa shape index (κ2) is 12.0. The molecule has 9 heteroatoms. The number of benzene rings is 2. The molecule has 40 heavy (non-hydrogen) atoms. The van der Waals surface area contributed by atoms with Gasteiger partial charge in [0.05, 0.1) is 19.2 Å². The van der Waals surface area contributed by atoms with Crippen molar-refractivity contribution in [1.29, 1.82) is 0 Å². The van der Waals surface area contributed by atoms with Gasteiger partial charge in [-0.25, -0.2) is 0 Å². The highest BCUT2D eigenvalue weighted by molar-refractivity contribution is 5.99. The van der Waals surface area contributed by atoms with E-state index in [1.165, 1.54) is 4.90 Å². The third-order valence-electron chi connectivity index (χ3n) is 7.15. The summed E-state index contributed by atoms with van der Waals surface area (Å²) in [4.78, 5) is 28.1. The third-order valence-corrected chi connectivity index (χ3v) is 7.15. The van der Waals surface area contributed by atoms with Gasteiger partial charge in [0, 0.05) is 29.2 Å². The van der Waals surface area contributed by atoms with Crippen molar-refractivity contribution in [2.24, 2.45) is 10.8 Å².